The molecular formula is C14H17BrO. The molecule has 0 saturated carbocycles. The van der Waals surface area contributed by atoms with Crippen LogP contribution in [0.25, 0.3) is 0 Å². The fourth-order valence-electron chi connectivity index (χ4n) is 1.41. The Labute approximate surface area is 106 Å². The number of unbranched alkanes of at least 4 members (excludes halogenated alkanes) is 3. The topological polar surface area (TPSA) is 20.2 Å². The van der Waals surface area contributed by atoms with E-state index >= 15 is 0 Å². The molecule has 1 aromatic rings. The number of aliphatic hydroxyl groups is 1. The van der Waals surface area contributed by atoms with E-state index < -0.39 is 6.10 Å². The predicted octanol–water partition coefficient (Wildman–Crippen LogP) is 4.07. The van der Waals surface area contributed by atoms with E-state index in [9.17, 15) is 5.11 Å². The monoisotopic (exact) mass is 280 g/mol. The maximum Gasteiger partial charge on any atom is 0.141 e. The van der Waals surface area contributed by atoms with Crippen LogP contribution in [0, 0.1) is 11.8 Å². The summed E-state index contributed by atoms with van der Waals surface area (Å²) in [6.07, 6.45) is 3.72. The van der Waals surface area contributed by atoms with Gasteiger partial charge in [-0.2, -0.15) is 0 Å². The highest BCUT2D eigenvalue weighted by Crippen LogP contribution is 2.22. The molecule has 0 aliphatic carbocycles. The van der Waals surface area contributed by atoms with E-state index in [1.807, 2.05) is 24.3 Å². The minimum atomic E-state index is -0.683. The van der Waals surface area contributed by atoms with Crippen molar-refractivity contribution >= 4 is 15.9 Å². The van der Waals surface area contributed by atoms with Gasteiger partial charge in [-0.05, 0) is 12.5 Å². The van der Waals surface area contributed by atoms with Crippen molar-refractivity contribution in [2.75, 3.05) is 0 Å². The molecule has 0 heterocycles. The molecule has 1 atom stereocenters. The molecule has 0 amide bonds. The Morgan fingerprint density at radius 1 is 1.31 bits per heavy atom. The minimum absolute atomic E-state index is 0.683. The summed E-state index contributed by atoms with van der Waals surface area (Å²) in [5, 5.41) is 9.85. The molecular weight excluding hydrogens is 264 g/mol. The second kappa shape index (κ2) is 7.49. The van der Waals surface area contributed by atoms with Crippen LogP contribution in [-0.2, 0) is 0 Å². The van der Waals surface area contributed by atoms with Crippen molar-refractivity contribution in [2.24, 2.45) is 0 Å². The van der Waals surface area contributed by atoms with Crippen molar-refractivity contribution in [1.29, 1.82) is 0 Å². The quantitative estimate of drug-likeness (QED) is 0.651. The Morgan fingerprint density at radius 3 is 2.75 bits per heavy atom. The van der Waals surface area contributed by atoms with E-state index in [0.29, 0.717) is 0 Å². The van der Waals surface area contributed by atoms with Gasteiger partial charge in [0.1, 0.15) is 6.10 Å². The van der Waals surface area contributed by atoms with Crippen molar-refractivity contribution < 1.29 is 5.11 Å². The van der Waals surface area contributed by atoms with Crippen LogP contribution in [0.2, 0.25) is 0 Å². The zero-order chi connectivity index (χ0) is 11.8. The molecule has 0 aromatic heterocycles. The number of halogens is 1. The molecule has 1 nitrogen and oxygen atoms in total. The lowest BCUT2D eigenvalue weighted by atomic mass is 10.1. The first-order valence-corrected chi connectivity index (χ1v) is 6.46. The highest BCUT2D eigenvalue weighted by atomic mass is 79.9. The third-order valence-corrected chi connectivity index (χ3v) is 3.07. The van der Waals surface area contributed by atoms with Gasteiger partial charge in [-0.15, -0.1) is 5.92 Å². The van der Waals surface area contributed by atoms with Gasteiger partial charge in [0.2, 0.25) is 0 Å². The Kier molecular flexibility index (Phi) is 6.22. The third kappa shape index (κ3) is 4.38. The predicted molar refractivity (Wildman–Crippen MR) is 71.0 cm³/mol. The smallest absolute Gasteiger partial charge is 0.141 e. The second-order valence-corrected chi connectivity index (χ2v) is 4.56. The molecule has 1 N–H and O–H groups in total. The molecule has 0 aliphatic heterocycles. The molecule has 0 saturated heterocycles. The van der Waals surface area contributed by atoms with Gasteiger partial charge in [-0.25, -0.2) is 0 Å². The summed E-state index contributed by atoms with van der Waals surface area (Å²) in [5.74, 6) is 5.90. The van der Waals surface area contributed by atoms with Gasteiger partial charge in [-0.3, -0.25) is 0 Å². The zero-order valence-electron chi connectivity index (χ0n) is 9.54. The lowest BCUT2D eigenvalue weighted by Gasteiger charge is -2.05. The largest absolute Gasteiger partial charge is 0.376 e. The van der Waals surface area contributed by atoms with E-state index in [2.05, 4.69) is 34.7 Å². The fraction of sp³-hybridized carbons (Fsp3) is 0.429. The van der Waals surface area contributed by atoms with Crippen LogP contribution < -0.4 is 0 Å². The number of hydrogen-bond acceptors (Lipinski definition) is 1. The Morgan fingerprint density at radius 2 is 2.06 bits per heavy atom. The number of rotatable bonds is 4. The molecule has 16 heavy (non-hydrogen) atoms. The first-order chi connectivity index (χ1) is 7.75. The van der Waals surface area contributed by atoms with E-state index in [1.165, 1.54) is 12.8 Å². The highest BCUT2D eigenvalue weighted by Gasteiger charge is 2.06. The number of aliphatic hydroxyl groups excluding tert-OH is 1. The molecule has 2 heteroatoms. The van der Waals surface area contributed by atoms with Crippen molar-refractivity contribution in [2.45, 2.75) is 38.7 Å². The maximum absolute atomic E-state index is 9.85. The Balaban J connectivity index is 2.52. The van der Waals surface area contributed by atoms with Crippen LogP contribution in [0.1, 0.15) is 44.3 Å². The van der Waals surface area contributed by atoms with Gasteiger partial charge in [-0.1, -0.05) is 59.8 Å². The Bertz CT molecular complexity index is 376. The zero-order valence-corrected chi connectivity index (χ0v) is 11.1. The van der Waals surface area contributed by atoms with Crippen LogP contribution in [0.5, 0.6) is 0 Å². The molecule has 86 valence electrons. The lowest BCUT2D eigenvalue weighted by molar-refractivity contribution is 0.237. The van der Waals surface area contributed by atoms with Gasteiger partial charge in [0.25, 0.3) is 0 Å². The van der Waals surface area contributed by atoms with Crippen LogP contribution in [0.3, 0.4) is 0 Å². The van der Waals surface area contributed by atoms with E-state index in [4.69, 9.17) is 0 Å². The van der Waals surface area contributed by atoms with Crippen LogP contribution >= 0.6 is 15.9 Å². The highest BCUT2D eigenvalue weighted by molar-refractivity contribution is 9.10. The van der Waals surface area contributed by atoms with E-state index in [1.54, 1.807) is 0 Å². The first-order valence-electron chi connectivity index (χ1n) is 5.66. The molecule has 1 unspecified atom stereocenters. The van der Waals surface area contributed by atoms with Crippen LogP contribution in [0.15, 0.2) is 28.7 Å². The van der Waals surface area contributed by atoms with Gasteiger partial charge < -0.3 is 5.11 Å². The van der Waals surface area contributed by atoms with E-state index in [0.717, 1.165) is 22.9 Å². The minimum Gasteiger partial charge on any atom is -0.376 e. The number of benzene rings is 1. The SMILES string of the molecule is CCCCCC#CC(O)c1ccccc1Br. The molecule has 1 rings (SSSR count). The molecule has 1 aromatic carbocycles. The average molecular weight is 281 g/mol. The maximum atomic E-state index is 9.85. The summed E-state index contributed by atoms with van der Waals surface area (Å²) >= 11 is 3.40. The summed E-state index contributed by atoms with van der Waals surface area (Å²) in [7, 11) is 0. The summed E-state index contributed by atoms with van der Waals surface area (Å²) in [6.45, 7) is 2.17. The van der Waals surface area contributed by atoms with Crippen LogP contribution in [0.4, 0.5) is 0 Å². The van der Waals surface area contributed by atoms with Gasteiger partial charge in [0.05, 0.1) is 0 Å². The summed E-state index contributed by atoms with van der Waals surface area (Å²) < 4.78 is 0.908. The third-order valence-electron chi connectivity index (χ3n) is 2.34. The molecule has 0 radical (unpaired) electrons. The fourth-order valence-corrected chi connectivity index (χ4v) is 1.91. The molecule has 0 spiro atoms. The molecule has 0 bridgehead atoms. The lowest BCUT2D eigenvalue weighted by Crippen LogP contribution is -1.94. The normalized spacial score (nSPS) is 11.7. The average Bonchev–Trinajstić information content (AvgIpc) is 2.29. The van der Waals surface area contributed by atoms with Gasteiger partial charge >= 0.3 is 0 Å². The van der Waals surface area contributed by atoms with Crippen LogP contribution in [-0.4, -0.2) is 5.11 Å². The van der Waals surface area contributed by atoms with Crippen molar-refractivity contribution in [1.82, 2.24) is 0 Å². The van der Waals surface area contributed by atoms with Crippen molar-refractivity contribution in [3.8, 4) is 11.8 Å². The molecule has 0 aliphatic rings. The standard InChI is InChI=1S/C14H17BrO/c1-2-3-4-5-6-11-14(16)12-9-7-8-10-13(12)15/h7-10,14,16H,2-5H2,1H3. The second-order valence-electron chi connectivity index (χ2n) is 3.70. The summed E-state index contributed by atoms with van der Waals surface area (Å²) in [6, 6.07) is 7.63. The summed E-state index contributed by atoms with van der Waals surface area (Å²) in [4.78, 5) is 0. The number of hydrogen-bond donors (Lipinski definition) is 1. The Hall–Kier alpha value is -0.780. The first kappa shape index (κ1) is 13.3. The van der Waals surface area contributed by atoms with Crippen molar-refractivity contribution in [3.63, 3.8) is 0 Å². The van der Waals surface area contributed by atoms with Gasteiger partial charge in [0.15, 0.2) is 0 Å². The molecule has 0 fully saturated rings. The van der Waals surface area contributed by atoms with E-state index in [-0.39, 0.29) is 0 Å². The van der Waals surface area contributed by atoms with Gasteiger partial charge in [0, 0.05) is 16.5 Å². The van der Waals surface area contributed by atoms with Crippen molar-refractivity contribution in [3.05, 3.63) is 34.3 Å². The summed E-state index contributed by atoms with van der Waals surface area (Å²) in [5.41, 5.74) is 0.838.